The molecule has 0 aliphatic carbocycles. The van der Waals surface area contributed by atoms with Crippen molar-refractivity contribution in [3.05, 3.63) is 15.6 Å². The molecule has 1 aromatic rings. The minimum absolute atomic E-state index is 0.0453. The van der Waals surface area contributed by atoms with E-state index >= 15 is 0 Å². The van der Waals surface area contributed by atoms with Crippen molar-refractivity contribution in [3.8, 4) is 0 Å². The molecule has 0 amide bonds. The summed E-state index contributed by atoms with van der Waals surface area (Å²) in [5, 5.41) is 4.53. The maximum absolute atomic E-state index is 4.58. The third kappa shape index (κ3) is 1.92. The average molecular weight is 198 g/mol. The summed E-state index contributed by atoms with van der Waals surface area (Å²) in [6.45, 7) is 8.58. The summed E-state index contributed by atoms with van der Waals surface area (Å²) < 4.78 is 0. The van der Waals surface area contributed by atoms with E-state index in [2.05, 4.69) is 38.0 Å². The van der Waals surface area contributed by atoms with Crippen LogP contribution in [-0.2, 0) is 5.54 Å². The second kappa shape index (κ2) is 3.76. The molecule has 0 radical (unpaired) electrons. The van der Waals surface area contributed by atoms with Crippen LogP contribution in [0.25, 0.3) is 0 Å². The highest BCUT2D eigenvalue weighted by molar-refractivity contribution is 7.11. The van der Waals surface area contributed by atoms with E-state index in [1.807, 2.05) is 7.05 Å². The first kappa shape index (κ1) is 10.7. The molecule has 0 saturated carbocycles. The first-order chi connectivity index (χ1) is 6.03. The topological polar surface area (TPSA) is 24.9 Å². The Labute approximate surface area is 84.4 Å². The number of nitrogens with one attached hydrogen (secondary N) is 1. The molecule has 1 heterocycles. The van der Waals surface area contributed by atoms with Gasteiger partial charge in [0, 0.05) is 4.88 Å². The third-order valence-electron chi connectivity index (χ3n) is 2.76. The van der Waals surface area contributed by atoms with Crippen LogP contribution in [0.5, 0.6) is 0 Å². The SMILES string of the molecule is CCC(C)(NC)c1nc(C)c(C)s1. The van der Waals surface area contributed by atoms with Crippen molar-refractivity contribution in [2.24, 2.45) is 0 Å². The zero-order valence-corrected chi connectivity index (χ0v) is 9.88. The number of aryl methyl sites for hydroxylation is 2. The van der Waals surface area contributed by atoms with Gasteiger partial charge in [-0.15, -0.1) is 11.3 Å². The van der Waals surface area contributed by atoms with Crippen LogP contribution >= 0.6 is 11.3 Å². The normalized spacial score (nSPS) is 15.8. The van der Waals surface area contributed by atoms with Crippen molar-refractivity contribution in [1.82, 2.24) is 10.3 Å². The Morgan fingerprint density at radius 3 is 2.38 bits per heavy atom. The Hall–Kier alpha value is -0.410. The molecule has 0 saturated heterocycles. The summed E-state index contributed by atoms with van der Waals surface area (Å²) in [5.41, 5.74) is 1.21. The largest absolute Gasteiger partial charge is 0.309 e. The van der Waals surface area contributed by atoms with Gasteiger partial charge in [0.05, 0.1) is 11.2 Å². The molecular formula is C10H18N2S. The van der Waals surface area contributed by atoms with E-state index in [-0.39, 0.29) is 5.54 Å². The molecule has 1 N–H and O–H groups in total. The average Bonchev–Trinajstić information content (AvgIpc) is 2.46. The molecule has 0 bridgehead atoms. The molecule has 74 valence electrons. The van der Waals surface area contributed by atoms with Gasteiger partial charge in [0.15, 0.2) is 0 Å². The van der Waals surface area contributed by atoms with E-state index in [0.29, 0.717) is 0 Å². The zero-order valence-electron chi connectivity index (χ0n) is 9.06. The van der Waals surface area contributed by atoms with Crippen molar-refractivity contribution in [1.29, 1.82) is 0 Å². The molecule has 2 nitrogen and oxygen atoms in total. The molecular weight excluding hydrogens is 180 g/mol. The predicted molar refractivity (Wildman–Crippen MR) is 58.3 cm³/mol. The number of thiazole rings is 1. The summed E-state index contributed by atoms with van der Waals surface area (Å²) in [6, 6.07) is 0. The highest BCUT2D eigenvalue weighted by Crippen LogP contribution is 2.29. The summed E-state index contributed by atoms with van der Waals surface area (Å²) in [6.07, 6.45) is 1.07. The fraction of sp³-hybridized carbons (Fsp3) is 0.700. The molecule has 1 aromatic heterocycles. The van der Waals surface area contributed by atoms with E-state index in [1.54, 1.807) is 11.3 Å². The quantitative estimate of drug-likeness (QED) is 0.807. The van der Waals surface area contributed by atoms with Crippen molar-refractivity contribution in [3.63, 3.8) is 0 Å². The minimum atomic E-state index is 0.0453. The van der Waals surface area contributed by atoms with Gasteiger partial charge in [0.1, 0.15) is 5.01 Å². The Balaban J connectivity index is 3.05. The lowest BCUT2D eigenvalue weighted by Crippen LogP contribution is -2.35. The molecule has 0 aliphatic heterocycles. The van der Waals surface area contributed by atoms with Crippen molar-refractivity contribution in [2.45, 2.75) is 39.7 Å². The summed E-state index contributed by atoms with van der Waals surface area (Å²) in [5.74, 6) is 0. The lowest BCUT2D eigenvalue weighted by molar-refractivity contribution is 0.384. The van der Waals surface area contributed by atoms with E-state index in [0.717, 1.165) is 12.1 Å². The van der Waals surface area contributed by atoms with E-state index in [1.165, 1.54) is 9.88 Å². The standard InChI is InChI=1S/C10H18N2S/c1-6-10(4,11-5)9-12-7(2)8(3)13-9/h11H,6H2,1-5H3. The van der Waals surface area contributed by atoms with Crippen LogP contribution in [0.4, 0.5) is 0 Å². The van der Waals surface area contributed by atoms with Gasteiger partial charge in [-0.3, -0.25) is 0 Å². The molecule has 3 heteroatoms. The molecule has 1 rings (SSSR count). The Kier molecular flexibility index (Phi) is 3.09. The lowest BCUT2D eigenvalue weighted by Gasteiger charge is -2.24. The maximum atomic E-state index is 4.58. The molecule has 13 heavy (non-hydrogen) atoms. The molecule has 1 atom stereocenters. The van der Waals surface area contributed by atoms with Crippen LogP contribution in [0.1, 0.15) is 35.8 Å². The van der Waals surface area contributed by atoms with Crippen LogP contribution in [0.3, 0.4) is 0 Å². The van der Waals surface area contributed by atoms with E-state index in [9.17, 15) is 0 Å². The summed E-state index contributed by atoms with van der Waals surface area (Å²) in [4.78, 5) is 5.90. The fourth-order valence-corrected chi connectivity index (χ4v) is 2.28. The molecule has 0 fully saturated rings. The Morgan fingerprint density at radius 1 is 1.46 bits per heavy atom. The maximum Gasteiger partial charge on any atom is 0.113 e. The van der Waals surface area contributed by atoms with Gasteiger partial charge in [-0.05, 0) is 34.2 Å². The minimum Gasteiger partial charge on any atom is -0.309 e. The second-order valence-electron chi connectivity index (χ2n) is 3.60. The van der Waals surface area contributed by atoms with Crippen LogP contribution in [-0.4, -0.2) is 12.0 Å². The summed E-state index contributed by atoms with van der Waals surface area (Å²) in [7, 11) is 2.00. The van der Waals surface area contributed by atoms with E-state index < -0.39 is 0 Å². The third-order valence-corrected chi connectivity index (χ3v) is 4.10. The number of hydrogen-bond donors (Lipinski definition) is 1. The number of rotatable bonds is 3. The zero-order chi connectivity index (χ0) is 10.1. The van der Waals surface area contributed by atoms with Gasteiger partial charge in [0.2, 0.25) is 0 Å². The van der Waals surface area contributed by atoms with Gasteiger partial charge in [-0.25, -0.2) is 4.98 Å². The Morgan fingerprint density at radius 2 is 2.08 bits per heavy atom. The number of hydrogen-bond acceptors (Lipinski definition) is 3. The second-order valence-corrected chi connectivity index (χ2v) is 4.80. The molecule has 0 aromatic carbocycles. The molecule has 0 spiro atoms. The van der Waals surface area contributed by atoms with E-state index in [4.69, 9.17) is 0 Å². The highest BCUT2D eigenvalue weighted by Gasteiger charge is 2.26. The van der Waals surface area contributed by atoms with Gasteiger partial charge in [0.25, 0.3) is 0 Å². The summed E-state index contributed by atoms with van der Waals surface area (Å²) >= 11 is 1.80. The monoisotopic (exact) mass is 198 g/mol. The smallest absolute Gasteiger partial charge is 0.113 e. The predicted octanol–water partition coefficient (Wildman–Crippen LogP) is 2.60. The van der Waals surface area contributed by atoms with Gasteiger partial charge in [-0.1, -0.05) is 6.92 Å². The molecule has 0 aliphatic rings. The van der Waals surface area contributed by atoms with Crippen LogP contribution in [0.2, 0.25) is 0 Å². The van der Waals surface area contributed by atoms with Crippen molar-refractivity contribution < 1.29 is 0 Å². The van der Waals surface area contributed by atoms with Crippen LogP contribution in [0.15, 0.2) is 0 Å². The first-order valence-electron chi connectivity index (χ1n) is 4.67. The van der Waals surface area contributed by atoms with Gasteiger partial charge >= 0.3 is 0 Å². The number of aromatic nitrogens is 1. The lowest BCUT2D eigenvalue weighted by atomic mass is 10.0. The van der Waals surface area contributed by atoms with Crippen molar-refractivity contribution in [2.75, 3.05) is 7.05 Å². The number of nitrogens with zero attached hydrogens (tertiary/aromatic N) is 1. The molecule has 1 unspecified atom stereocenters. The Bertz CT molecular complexity index is 268. The van der Waals surface area contributed by atoms with Gasteiger partial charge in [-0.2, -0.15) is 0 Å². The van der Waals surface area contributed by atoms with Crippen molar-refractivity contribution >= 4 is 11.3 Å². The van der Waals surface area contributed by atoms with Crippen LogP contribution in [0, 0.1) is 13.8 Å². The first-order valence-corrected chi connectivity index (χ1v) is 5.48. The van der Waals surface area contributed by atoms with Crippen LogP contribution < -0.4 is 5.32 Å². The fourth-order valence-electron chi connectivity index (χ4n) is 1.14. The highest BCUT2D eigenvalue weighted by atomic mass is 32.1. The van der Waals surface area contributed by atoms with Gasteiger partial charge < -0.3 is 5.32 Å².